The monoisotopic (exact) mass is 338 g/mol. The molecule has 5 nitrogen and oxygen atoms in total. The quantitative estimate of drug-likeness (QED) is 0.636. The minimum Gasteiger partial charge on any atom is -0.618 e. The first-order valence-corrected chi connectivity index (χ1v) is 6.83. The predicted octanol–water partition coefficient (Wildman–Crippen LogP) is 0.101. The van der Waals surface area contributed by atoms with Gasteiger partial charge in [-0.25, -0.2) is 0 Å². The fourth-order valence-corrected chi connectivity index (χ4v) is 1.55. The molecule has 2 rings (SSSR count). The fourth-order valence-electron chi connectivity index (χ4n) is 1.55. The molecule has 0 saturated carbocycles. The Hall–Kier alpha value is -1.18. The molecule has 0 atom stereocenters. The van der Waals surface area contributed by atoms with Gasteiger partial charge in [0, 0.05) is 0 Å². The number of carbonyl (C=O) groups excluding carboxylic acids is 2. The molecule has 0 aromatic heterocycles. The Balaban J connectivity index is 0.000000427. The van der Waals surface area contributed by atoms with E-state index >= 15 is 0 Å². The predicted molar refractivity (Wildman–Crippen MR) is 86.0 cm³/mol. The summed E-state index contributed by atoms with van der Waals surface area (Å²) in [6.45, 7) is 4.59. The summed E-state index contributed by atoms with van der Waals surface area (Å²) in [6.07, 6.45) is 0. The molecule has 0 radical (unpaired) electrons. The van der Waals surface area contributed by atoms with E-state index in [9.17, 15) is 9.59 Å². The number of rotatable bonds is 3. The minimum absolute atomic E-state index is 0. The minimum atomic E-state index is -1.04. The summed E-state index contributed by atoms with van der Waals surface area (Å²) in [5.41, 5.74) is 6.16. The second kappa shape index (κ2) is 12.3. The van der Waals surface area contributed by atoms with Gasteiger partial charge < -0.3 is 20.6 Å². The van der Waals surface area contributed by atoms with E-state index in [4.69, 9.17) is 10.5 Å². The molecular formula is C17H19KN2O3. The standard InChI is InChI=1S/C9H10N2O2.C8H10O.K/c1-6-3-2-4-7(5-6)11-9(13)8(10)12;1-2-9-8-6-4-3-5-7-8;/h2-5H,1H3,(H3,10,11,12,13);3-7H,2H2,1H3;/q;;+1/p-1. The molecule has 0 bridgehead atoms. The molecule has 2 aromatic carbocycles. The van der Waals surface area contributed by atoms with Gasteiger partial charge in [-0.2, -0.15) is 0 Å². The van der Waals surface area contributed by atoms with Crippen molar-refractivity contribution < 1.29 is 65.7 Å². The Kier molecular flexibility index (Phi) is 11.6. The number of nitrogens with two attached hydrogens (primary N) is 1. The van der Waals surface area contributed by atoms with E-state index in [0.717, 1.165) is 17.9 Å². The van der Waals surface area contributed by atoms with Crippen LogP contribution in [0.5, 0.6) is 5.75 Å². The summed E-state index contributed by atoms with van der Waals surface area (Å²) in [7, 11) is 0. The van der Waals surface area contributed by atoms with Crippen LogP contribution in [0, 0.1) is 6.92 Å². The van der Waals surface area contributed by atoms with Gasteiger partial charge in [-0.15, -0.1) is 5.69 Å². The molecule has 0 aliphatic rings. The van der Waals surface area contributed by atoms with Crippen molar-refractivity contribution in [3.63, 3.8) is 0 Å². The second-order valence-electron chi connectivity index (χ2n) is 4.37. The summed E-state index contributed by atoms with van der Waals surface area (Å²) in [4.78, 5) is 21.1. The molecule has 6 heteroatoms. The maximum Gasteiger partial charge on any atom is 1.00 e. The van der Waals surface area contributed by atoms with Crippen LogP contribution in [0.25, 0.3) is 5.32 Å². The number of benzene rings is 2. The molecule has 116 valence electrons. The maximum atomic E-state index is 10.8. The first-order valence-electron chi connectivity index (χ1n) is 6.83. The molecule has 0 heterocycles. The van der Waals surface area contributed by atoms with Crippen molar-refractivity contribution in [3.8, 4) is 5.75 Å². The van der Waals surface area contributed by atoms with Crippen LogP contribution < -0.4 is 61.9 Å². The maximum absolute atomic E-state index is 10.8. The van der Waals surface area contributed by atoms with Crippen molar-refractivity contribution in [2.75, 3.05) is 6.61 Å². The molecule has 0 unspecified atom stereocenters. The molecule has 0 spiro atoms. The van der Waals surface area contributed by atoms with E-state index in [2.05, 4.69) is 5.32 Å². The number of ether oxygens (including phenoxy) is 1. The first kappa shape index (κ1) is 21.8. The Morgan fingerprint density at radius 1 is 1.09 bits per heavy atom. The van der Waals surface area contributed by atoms with Crippen LogP contribution in [0.4, 0.5) is 5.69 Å². The van der Waals surface area contributed by atoms with Crippen molar-refractivity contribution in [1.82, 2.24) is 0 Å². The van der Waals surface area contributed by atoms with Gasteiger partial charge in [0.05, 0.1) is 6.61 Å². The first-order chi connectivity index (χ1) is 10.5. The van der Waals surface area contributed by atoms with E-state index in [0.29, 0.717) is 5.69 Å². The Morgan fingerprint density at radius 3 is 2.26 bits per heavy atom. The number of hydrogen-bond acceptors (Lipinski definition) is 3. The number of para-hydroxylation sites is 1. The summed E-state index contributed by atoms with van der Waals surface area (Å²) in [5.74, 6) is -1.02. The van der Waals surface area contributed by atoms with Gasteiger partial charge in [-0.3, -0.25) is 4.79 Å². The van der Waals surface area contributed by atoms with Gasteiger partial charge in [0.1, 0.15) is 11.7 Å². The Morgan fingerprint density at radius 2 is 1.74 bits per heavy atom. The van der Waals surface area contributed by atoms with Crippen molar-refractivity contribution in [2.24, 2.45) is 5.73 Å². The molecule has 0 aliphatic carbocycles. The molecule has 0 fully saturated rings. The molecule has 0 aliphatic heterocycles. The zero-order valence-electron chi connectivity index (χ0n) is 13.7. The van der Waals surface area contributed by atoms with Crippen LogP contribution >= 0.6 is 0 Å². The van der Waals surface area contributed by atoms with Crippen LogP contribution in [0.2, 0.25) is 0 Å². The zero-order valence-corrected chi connectivity index (χ0v) is 16.8. The Labute approximate surface area is 179 Å². The van der Waals surface area contributed by atoms with Crippen molar-refractivity contribution in [1.29, 1.82) is 0 Å². The summed E-state index contributed by atoms with van der Waals surface area (Å²) >= 11 is 0. The number of carbonyl (C=O) groups is 2. The van der Waals surface area contributed by atoms with Crippen LogP contribution in [0.15, 0.2) is 54.6 Å². The van der Waals surface area contributed by atoms with Gasteiger partial charge in [0.2, 0.25) is 0 Å². The number of amides is 2. The second-order valence-corrected chi connectivity index (χ2v) is 4.37. The number of aryl methyl sites for hydroxylation is 1. The molecule has 2 N–H and O–H groups in total. The van der Waals surface area contributed by atoms with E-state index < -0.39 is 11.8 Å². The van der Waals surface area contributed by atoms with E-state index in [1.807, 2.05) is 50.2 Å². The summed E-state index contributed by atoms with van der Waals surface area (Å²) < 4.78 is 5.21. The topological polar surface area (TPSA) is 83.5 Å². The number of primary amides is 1. The smallest absolute Gasteiger partial charge is 0.618 e. The zero-order chi connectivity index (χ0) is 16.4. The van der Waals surface area contributed by atoms with Gasteiger partial charge in [0.15, 0.2) is 0 Å². The number of nitrogens with zero attached hydrogens (tertiary/aromatic N) is 1. The molecule has 0 saturated heterocycles. The van der Waals surface area contributed by atoms with Gasteiger partial charge in [-0.05, 0) is 26.0 Å². The SMILES string of the molecule is CCOc1ccccc1.Cc1cccc([N-]C(=O)C(N)=O)c1.[K+]. The summed E-state index contributed by atoms with van der Waals surface area (Å²) in [6, 6.07) is 16.7. The number of hydrogen-bond donors (Lipinski definition) is 1. The summed E-state index contributed by atoms with van der Waals surface area (Å²) in [5, 5.41) is 3.51. The van der Waals surface area contributed by atoms with Crippen molar-refractivity contribution >= 4 is 17.5 Å². The van der Waals surface area contributed by atoms with E-state index in [-0.39, 0.29) is 51.4 Å². The van der Waals surface area contributed by atoms with E-state index in [1.54, 1.807) is 18.2 Å². The van der Waals surface area contributed by atoms with Crippen LogP contribution in [0.3, 0.4) is 0 Å². The van der Waals surface area contributed by atoms with Gasteiger partial charge in [-0.1, -0.05) is 48.0 Å². The van der Waals surface area contributed by atoms with Crippen LogP contribution in [0.1, 0.15) is 12.5 Å². The molecule has 23 heavy (non-hydrogen) atoms. The fraction of sp³-hybridized carbons (Fsp3) is 0.176. The van der Waals surface area contributed by atoms with Crippen molar-refractivity contribution in [3.05, 3.63) is 65.5 Å². The Bertz CT molecular complexity index is 618. The molecular weight excluding hydrogens is 319 g/mol. The average molecular weight is 338 g/mol. The average Bonchev–Trinajstić information content (AvgIpc) is 2.49. The molecule has 2 amide bonds. The third-order valence-corrected chi connectivity index (χ3v) is 2.50. The molecule has 2 aromatic rings. The largest absolute Gasteiger partial charge is 1.00 e. The van der Waals surface area contributed by atoms with Gasteiger partial charge in [0.25, 0.3) is 5.91 Å². The van der Waals surface area contributed by atoms with Gasteiger partial charge >= 0.3 is 51.4 Å². The third kappa shape index (κ3) is 9.53. The van der Waals surface area contributed by atoms with Crippen molar-refractivity contribution in [2.45, 2.75) is 13.8 Å². The van der Waals surface area contributed by atoms with Crippen LogP contribution in [-0.4, -0.2) is 18.4 Å². The van der Waals surface area contributed by atoms with E-state index in [1.165, 1.54) is 0 Å². The normalized spacial score (nSPS) is 8.78. The third-order valence-electron chi connectivity index (χ3n) is 2.50. The van der Waals surface area contributed by atoms with Crippen LogP contribution in [-0.2, 0) is 9.59 Å².